The maximum atomic E-state index is 5.35. The Bertz CT molecular complexity index is 364. The molecule has 74 valence electrons. The summed E-state index contributed by atoms with van der Waals surface area (Å²) in [6.45, 7) is 10.0. The van der Waals surface area contributed by atoms with E-state index in [9.17, 15) is 0 Å². The third-order valence-electron chi connectivity index (χ3n) is 2.07. The molecule has 0 fully saturated rings. The summed E-state index contributed by atoms with van der Waals surface area (Å²) >= 11 is 0. The summed E-state index contributed by atoms with van der Waals surface area (Å²) in [6, 6.07) is 3.83. The highest BCUT2D eigenvalue weighted by atomic mass is 16.3. The molecule has 1 nitrogen and oxygen atoms in total. The van der Waals surface area contributed by atoms with Crippen LogP contribution in [0, 0.1) is 0 Å². The van der Waals surface area contributed by atoms with Crippen molar-refractivity contribution in [2.45, 2.75) is 20.8 Å². The topological polar surface area (TPSA) is 13.1 Å². The Hall–Kier alpha value is -1.50. The second-order valence-corrected chi connectivity index (χ2v) is 3.35. The molecule has 0 amide bonds. The normalized spacial score (nSPS) is 13.1. The minimum Gasteiger partial charge on any atom is -0.464 e. The predicted octanol–water partition coefficient (Wildman–Crippen LogP) is 4.21. The van der Waals surface area contributed by atoms with Gasteiger partial charge in [-0.05, 0) is 44.6 Å². The summed E-state index contributed by atoms with van der Waals surface area (Å²) < 4.78 is 5.35. The van der Waals surface area contributed by atoms with Crippen LogP contribution in [0.3, 0.4) is 0 Å². The number of rotatable bonds is 3. The standard InChI is InChI=1S/C13H16O/c1-5-11(4)9-12(10(2)3)13-7-6-8-14-13/h5-9H,2H2,1,3-4H3/b11-5-,12-9+. The summed E-state index contributed by atoms with van der Waals surface area (Å²) in [4.78, 5) is 0. The molecule has 1 aromatic heterocycles. The highest BCUT2D eigenvalue weighted by molar-refractivity contribution is 5.76. The first kappa shape index (κ1) is 10.6. The van der Waals surface area contributed by atoms with Gasteiger partial charge in [0.15, 0.2) is 0 Å². The van der Waals surface area contributed by atoms with Crippen LogP contribution in [0.2, 0.25) is 0 Å². The van der Waals surface area contributed by atoms with Gasteiger partial charge in [-0.3, -0.25) is 0 Å². The molecular weight excluding hydrogens is 172 g/mol. The maximum absolute atomic E-state index is 5.35. The van der Waals surface area contributed by atoms with Gasteiger partial charge in [0.1, 0.15) is 5.76 Å². The van der Waals surface area contributed by atoms with Crippen molar-refractivity contribution in [1.82, 2.24) is 0 Å². The molecule has 0 aliphatic heterocycles. The minimum atomic E-state index is 0.874. The zero-order valence-electron chi connectivity index (χ0n) is 9.00. The first-order chi connectivity index (χ1) is 6.65. The van der Waals surface area contributed by atoms with E-state index >= 15 is 0 Å². The average Bonchev–Trinajstić information content (AvgIpc) is 2.65. The Balaban J connectivity index is 3.09. The van der Waals surface area contributed by atoms with Gasteiger partial charge in [0, 0.05) is 5.57 Å². The molecule has 1 heterocycles. The van der Waals surface area contributed by atoms with Gasteiger partial charge >= 0.3 is 0 Å². The van der Waals surface area contributed by atoms with E-state index in [0.29, 0.717) is 0 Å². The minimum absolute atomic E-state index is 0.874. The largest absolute Gasteiger partial charge is 0.464 e. The van der Waals surface area contributed by atoms with Gasteiger partial charge in [-0.25, -0.2) is 0 Å². The van der Waals surface area contributed by atoms with Gasteiger partial charge in [0.2, 0.25) is 0 Å². The number of allylic oxidation sites excluding steroid dienone is 5. The Morgan fingerprint density at radius 1 is 1.43 bits per heavy atom. The molecule has 0 atom stereocenters. The van der Waals surface area contributed by atoms with Gasteiger partial charge < -0.3 is 4.42 Å². The lowest BCUT2D eigenvalue weighted by Crippen LogP contribution is -1.83. The lowest BCUT2D eigenvalue weighted by molar-refractivity contribution is 0.553. The van der Waals surface area contributed by atoms with Crippen molar-refractivity contribution < 1.29 is 4.42 Å². The molecule has 0 spiro atoms. The van der Waals surface area contributed by atoms with E-state index in [-0.39, 0.29) is 0 Å². The highest BCUT2D eigenvalue weighted by Crippen LogP contribution is 2.23. The van der Waals surface area contributed by atoms with E-state index in [1.807, 2.05) is 26.0 Å². The molecule has 0 aliphatic carbocycles. The van der Waals surface area contributed by atoms with Gasteiger partial charge in [0.05, 0.1) is 6.26 Å². The smallest absolute Gasteiger partial charge is 0.134 e. The van der Waals surface area contributed by atoms with E-state index in [1.54, 1.807) is 6.26 Å². The van der Waals surface area contributed by atoms with Gasteiger partial charge in [-0.1, -0.05) is 18.2 Å². The van der Waals surface area contributed by atoms with Crippen LogP contribution >= 0.6 is 0 Å². The summed E-state index contributed by atoms with van der Waals surface area (Å²) in [5.41, 5.74) is 3.28. The van der Waals surface area contributed by atoms with Crippen LogP contribution in [0.4, 0.5) is 0 Å². The van der Waals surface area contributed by atoms with E-state index in [1.165, 1.54) is 5.57 Å². The van der Waals surface area contributed by atoms with Crippen molar-refractivity contribution in [2.75, 3.05) is 0 Å². The first-order valence-corrected chi connectivity index (χ1v) is 4.69. The molecule has 1 rings (SSSR count). The predicted molar refractivity (Wildman–Crippen MR) is 60.9 cm³/mol. The molecule has 0 aliphatic rings. The van der Waals surface area contributed by atoms with Crippen molar-refractivity contribution in [2.24, 2.45) is 0 Å². The summed E-state index contributed by atoms with van der Waals surface area (Å²) in [6.07, 6.45) is 5.82. The second kappa shape index (κ2) is 4.66. The fourth-order valence-electron chi connectivity index (χ4n) is 1.15. The molecule has 0 bridgehead atoms. The first-order valence-electron chi connectivity index (χ1n) is 4.69. The van der Waals surface area contributed by atoms with Crippen LogP contribution in [0.1, 0.15) is 26.5 Å². The van der Waals surface area contributed by atoms with Crippen LogP contribution in [-0.4, -0.2) is 0 Å². The van der Waals surface area contributed by atoms with Crippen molar-refractivity contribution in [3.05, 3.63) is 54.0 Å². The van der Waals surface area contributed by atoms with E-state index in [4.69, 9.17) is 4.42 Å². The average molecular weight is 188 g/mol. The molecule has 0 radical (unpaired) electrons. The van der Waals surface area contributed by atoms with Crippen LogP contribution in [0.15, 0.2) is 52.7 Å². The quantitative estimate of drug-likeness (QED) is 0.648. The third kappa shape index (κ3) is 2.49. The van der Waals surface area contributed by atoms with E-state index in [0.717, 1.165) is 16.9 Å². The second-order valence-electron chi connectivity index (χ2n) is 3.35. The lowest BCUT2D eigenvalue weighted by Gasteiger charge is -2.03. The Morgan fingerprint density at radius 3 is 2.57 bits per heavy atom. The summed E-state index contributed by atoms with van der Waals surface area (Å²) in [5.74, 6) is 0.874. The number of hydrogen-bond donors (Lipinski definition) is 0. The molecule has 0 saturated heterocycles. The summed E-state index contributed by atoms with van der Waals surface area (Å²) in [7, 11) is 0. The number of hydrogen-bond acceptors (Lipinski definition) is 1. The SMILES string of the molecule is C=C(C)/C(=C\C(C)=C/C)c1ccco1. The van der Waals surface area contributed by atoms with Crippen molar-refractivity contribution in [1.29, 1.82) is 0 Å². The fraction of sp³-hybridized carbons (Fsp3) is 0.231. The van der Waals surface area contributed by atoms with Crippen molar-refractivity contribution in [3.8, 4) is 0 Å². The Morgan fingerprint density at radius 2 is 2.14 bits per heavy atom. The van der Waals surface area contributed by atoms with Gasteiger partial charge in [-0.2, -0.15) is 0 Å². The Labute approximate surface area is 85.4 Å². The molecule has 1 heteroatoms. The zero-order chi connectivity index (χ0) is 10.6. The summed E-state index contributed by atoms with van der Waals surface area (Å²) in [5, 5.41) is 0. The maximum Gasteiger partial charge on any atom is 0.134 e. The van der Waals surface area contributed by atoms with E-state index in [2.05, 4.69) is 25.7 Å². The van der Waals surface area contributed by atoms with E-state index < -0.39 is 0 Å². The zero-order valence-corrected chi connectivity index (χ0v) is 9.00. The van der Waals surface area contributed by atoms with Crippen molar-refractivity contribution in [3.63, 3.8) is 0 Å². The molecule has 0 N–H and O–H groups in total. The van der Waals surface area contributed by atoms with Gasteiger partial charge in [-0.15, -0.1) is 0 Å². The fourth-order valence-corrected chi connectivity index (χ4v) is 1.15. The number of furan rings is 1. The van der Waals surface area contributed by atoms with Crippen LogP contribution in [0.25, 0.3) is 5.57 Å². The van der Waals surface area contributed by atoms with Gasteiger partial charge in [0.25, 0.3) is 0 Å². The van der Waals surface area contributed by atoms with Crippen LogP contribution < -0.4 is 0 Å². The Kier molecular flexibility index (Phi) is 3.52. The molecule has 0 unspecified atom stereocenters. The van der Waals surface area contributed by atoms with Crippen LogP contribution in [0.5, 0.6) is 0 Å². The van der Waals surface area contributed by atoms with Crippen molar-refractivity contribution >= 4 is 5.57 Å². The molecular formula is C13H16O. The molecule has 0 aromatic carbocycles. The monoisotopic (exact) mass is 188 g/mol. The lowest BCUT2D eigenvalue weighted by atomic mass is 10.0. The molecule has 1 aromatic rings. The highest BCUT2D eigenvalue weighted by Gasteiger charge is 2.04. The molecule has 14 heavy (non-hydrogen) atoms. The third-order valence-corrected chi connectivity index (χ3v) is 2.07. The molecule has 0 saturated carbocycles. The van der Waals surface area contributed by atoms with Crippen LogP contribution in [-0.2, 0) is 0 Å².